The highest BCUT2D eigenvalue weighted by molar-refractivity contribution is 5.82. The molecule has 148 valence electrons. The molecule has 0 aliphatic carbocycles. The summed E-state index contributed by atoms with van der Waals surface area (Å²) in [5.41, 5.74) is 0.478. The number of halogens is 1. The lowest BCUT2D eigenvalue weighted by Crippen LogP contribution is -2.53. The molecular formula is C21H29FN2O3. The number of rotatable bonds is 6. The Balaban J connectivity index is 1.56. The zero-order valence-electron chi connectivity index (χ0n) is 16.0. The molecule has 0 saturated carbocycles. The number of methoxy groups -OCH3 is 1. The van der Waals surface area contributed by atoms with Gasteiger partial charge in [0, 0.05) is 46.3 Å². The molecule has 3 rings (SSSR count). The van der Waals surface area contributed by atoms with E-state index in [1.165, 1.54) is 0 Å². The van der Waals surface area contributed by atoms with Gasteiger partial charge in [-0.05, 0) is 36.7 Å². The summed E-state index contributed by atoms with van der Waals surface area (Å²) in [6.45, 7) is 3.24. The summed E-state index contributed by atoms with van der Waals surface area (Å²) in [5, 5.41) is 0. The molecule has 1 spiro atoms. The van der Waals surface area contributed by atoms with Gasteiger partial charge >= 0.3 is 0 Å². The highest BCUT2D eigenvalue weighted by Crippen LogP contribution is 2.40. The van der Waals surface area contributed by atoms with Crippen molar-refractivity contribution in [3.05, 3.63) is 35.9 Å². The number of carbonyl (C=O) groups is 2. The van der Waals surface area contributed by atoms with Crippen LogP contribution in [0.15, 0.2) is 30.3 Å². The van der Waals surface area contributed by atoms with E-state index in [-0.39, 0.29) is 11.3 Å². The van der Waals surface area contributed by atoms with E-state index >= 15 is 0 Å². The molecule has 0 unspecified atom stereocenters. The SMILES string of the molecule is COCCCN1CC2(CCC1=O)CCN(C(=O)[C@H](F)c1ccccc1)CC2. The van der Waals surface area contributed by atoms with E-state index < -0.39 is 12.1 Å². The number of piperidine rings is 2. The second-order valence-corrected chi connectivity index (χ2v) is 7.76. The van der Waals surface area contributed by atoms with Crippen molar-refractivity contribution in [2.75, 3.05) is 39.9 Å². The first-order chi connectivity index (χ1) is 13.0. The van der Waals surface area contributed by atoms with E-state index in [1.807, 2.05) is 11.0 Å². The van der Waals surface area contributed by atoms with Crippen molar-refractivity contribution >= 4 is 11.8 Å². The summed E-state index contributed by atoms with van der Waals surface area (Å²) in [4.78, 5) is 28.3. The average molecular weight is 376 g/mol. The van der Waals surface area contributed by atoms with Crippen LogP contribution < -0.4 is 0 Å². The van der Waals surface area contributed by atoms with Gasteiger partial charge in [0.2, 0.25) is 12.1 Å². The van der Waals surface area contributed by atoms with Crippen LogP contribution in [-0.2, 0) is 14.3 Å². The van der Waals surface area contributed by atoms with Crippen LogP contribution in [0, 0.1) is 5.41 Å². The lowest BCUT2D eigenvalue weighted by Gasteiger charge is -2.47. The van der Waals surface area contributed by atoms with Crippen molar-refractivity contribution < 1.29 is 18.7 Å². The van der Waals surface area contributed by atoms with Crippen molar-refractivity contribution in [1.29, 1.82) is 0 Å². The fourth-order valence-corrected chi connectivity index (χ4v) is 4.24. The number of hydrogen-bond acceptors (Lipinski definition) is 3. The maximum Gasteiger partial charge on any atom is 0.261 e. The second kappa shape index (κ2) is 8.83. The van der Waals surface area contributed by atoms with Crippen molar-refractivity contribution in [3.63, 3.8) is 0 Å². The third kappa shape index (κ3) is 4.67. The number of carbonyl (C=O) groups excluding carboxylic acids is 2. The highest BCUT2D eigenvalue weighted by atomic mass is 19.1. The summed E-state index contributed by atoms with van der Waals surface area (Å²) >= 11 is 0. The number of ether oxygens (including phenoxy) is 1. The van der Waals surface area contributed by atoms with Crippen molar-refractivity contribution in [2.24, 2.45) is 5.41 Å². The number of benzene rings is 1. The summed E-state index contributed by atoms with van der Waals surface area (Å²) in [5.74, 6) is -0.233. The quantitative estimate of drug-likeness (QED) is 0.717. The highest BCUT2D eigenvalue weighted by Gasteiger charge is 2.42. The zero-order valence-corrected chi connectivity index (χ0v) is 16.0. The predicted molar refractivity (Wildman–Crippen MR) is 101 cm³/mol. The van der Waals surface area contributed by atoms with Crippen LogP contribution in [-0.4, -0.2) is 61.5 Å². The smallest absolute Gasteiger partial charge is 0.261 e. The van der Waals surface area contributed by atoms with Crippen LogP contribution in [0.3, 0.4) is 0 Å². The molecule has 0 bridgehead atoms. The van der Waals surface area contributed by atoms with Crippen molar-refractivity contribution in [1.82, 2.24) is 9.80 Å². The fourth-order valence-electron chi connectivity index (χ4n) is 4.24. The van der Waals surface area contributed by atoms with Crippen LogP contribution >= 0.6 is 0 Å². The molecule has 6 heteroatoms. The maximum atomic E-state index is 14.6. The van der Waals surface area contributed by atoms with Gasteiger partial charge in [0.15, 0.2) is 0 Å². The molecule has 0 aromatic heterocycles. The van der Waals surface area contributed by atoms with Crippen molar-refractivity contribution in [2.45, 2.75) is 38.3 Å². The molecule has 2 aliphatic rings. The van der Waals surface area contributed by atoms with Crippen LogP contribution in [0.2, 0.25) is 0 Å². The lowest BCUT2D eigenvalue weighted by atomic mass is 9.72. The Hall–Kier alpha value is -1.95. The van der Waals surface area contributed by atoms with Gasteiger partial charge in [-0.25, -0.2) is 4.39 Å². The van der Waals surface area contributed by atoms with Gasteiger partial charge in [-0.15, -0.1) is 0 Å². The van der Waals surface area contributed by atoms with Crippen molar-refractivity contribution in [3.8, 4) is 0 Å². The Morgan fingerprint density at radius 3 is 2.59 bits per heavy atom. The standard InChI is InChI=1S/C21H29FN2O3/c1-27-15-5-12-24-16-21(9-8-18(24)25)10-13-23(14-11-21)20(26)19(22)17-6-3-2-4-7-17/h2-4,6-7,19H,5,8-16H2,1H3/t19-/m1/s1. The first kappa shape index (κ1) is 19.8. The van der Waals surface area contributed by atoms with E-state index in [4.69, 9.17) is 4.74 Å². The molecule has 2 aliphatic heterocycles. The molecule has 2 heterocycles. The monoisotopic (exact) mass is 376 g/mol. The van der Waals surface area contributed by atoms with E-state index in [0.717, 1.165) is 38.8 Å². The average Bonchev–Trinajstić information content (AvgIpc) is 2.71. The van der Waals surface area contributed by atoms with E-state index in [0.29, 0.717) is 31.7 Å². The molecule has 5 nitrogen and oxygen atoms in total. The second-order valence-electron chi connectivity index (χ2n) is 7.76. The summed E-state index contributed by atoms with van der Waals surface area (Å²) in [7, 11) is 1.67. The largest absolute Gasteiger partial charge is 0.385 e. The molecule has 1 aromatic rings. The van der Waals surface area contributed by atoms with Crippen LogP contribution in [0.4, 0.5) is 4.39 Å². The predicted octanol–water partition coefficient (Wildman–Crippen LogP) is 2.96. The molecule has 0 N–H and O–H groups in total. The zero-order chi connectivity index (χ0) is 19.3. The lowest BCUT2D eigenvalue weighted by molar-refractivity contribution is -0.145. The van der Waals surface area contributed by atoms with Gasteiger partial charge in [-0.1, -0.05) is 30.3 Å². The number of alkyl halides is 1. The van der Waals surface area contributed by atoms with Gasteiger partial charge in [-0.3, -0.25) is 9.59 Å². The summed E-state index contributed by atoms with van der Waals surface area (Å²) in [6, 6.07) is 8.61. The Morgan fingerprint density at radius 2 is 1.93 bits per heavy atom. The maximum absolute atomic E-state index is 14.6. The molecule has 0 radical (unpaired) electrons. The Morgan fingerprint density at radius 1 is 1.22 bits per heavy atom. The van der Waals surface area contributed by atoms with Gasteiger partial charge < -0.3 is 14.5 Å². The van der Waals surface area contributed by atoms with E-state index in [1.54, 1.807) is 36.3 Å². The first-order valence-corrected chi connectivity index (χ1v) is 9.79. The van der Waals surface area contributed by atoms with Gasteiger partial charge in [0.1, 0.15) is 0 Å². The number of amides is 2. The van der Waals surface area contributed by atoms with Crippen LogP contribution in [0.25, 0.3) is 0 Å². The molecule has 2 fully saturated rings. The van der Waals surface area contributed by atoms with Crippen LogP contribution in [0.1, 0.15) is 43.8 Å². The Labute approximate surface area is 160 Å². The minimum absolute atomic E-state index is 0.0658. The molecule has 27 heavy (non-hydrogen) atoms. The number of likely N-dealkylation sites (tertiary alicyclic amines) is 2. The number of hydrogen-bond donors (Lipinski definition) is 0. The first-order valence-electron chi connectivity index (χ1n) is 9.79. The summed E-state index contributed by atoms with van der Waals surface area (Å²) in [6.07, 6.45) is 2.33. The van der Waals surface area contributed by atoms with Gasteiger partial charge in [0.25, 0.3) is 5.91 Å². The van der Waals surface area contributed by atoms with E-state index in [9.17, 15) is 14.0 Å². The van der Waals surface area contributed by atoms with Gasteiger partial charge in [-0.2, -0.15) is 0 Å². The Bertz CT molecular complexity index is 644. The third-order valence-corrected chi connectivity index (χ3v) is 5.97. The molecule has 1 aromatic carbocycles. The normalized spacial score (nSPS) is 20.7. The molecule has 2 amide bonds. The minimum atomic E-state index is -1.60. The third-order valence-electron chi connectivity index (χ3n) is 5.97. The molecular weight excluding hydrogens is 347 g/mol. The molecule has 2 saturated heterocycles. The van der Waals surface area contributed by atoms with E-state index in [2.05, 4.69) is 0 Å². The van der Waals surface area contributed by atoms with Gasteiger partial charge in [0.05, 0.1) is 0 Å². The fraction of sp³-hybridized carbons (Fsp3) is 0.619. The molecule has 1 atom stereocenters. The summed E-state index contributed by atoms with van der Waals surface area (Å²) < 4.78 is 19.7. The van der Waals surface area contributed by atoms with Crippen LogP contribution in [0.5, 0.6) is 0 Å². The minimum Gasteiger partial charge on any atom is -0.385 e. The number of nitrogens with zero attached hydrogens (tertiary/aromatic N) is 2. The Kier molecular flexibility index (Phi) is 6.47. The topological polar surface area (TPSA) is 49.9 Å².